The van der Waals surface area contributed by atoms with Gasteiger partial charge in [0, 0.05) is 18.7 Å². The highest BCUT2D eigenvalue weighted by molar-refractivity contribution is 5.93. The fraction of sp³-hybridized carbons (Fsp3) is 0.444. The summed E-state index contributed by atoms with van der Waals surface area (Å²) in [6.45, 7) is 8.86. The molecule has 0 N–H and O–H groups in total. The molecule has 1 saturated heterocycles. The Morgan fingerprint density at radius 1 is 1.30 bits per heavy atom. The van der Waals surface area contributed by atoms with Crippen molar-refractivity contribution >= 4 is 5.91 Å². The molecular formula is C18H22N2O3. The minimum atomic E-state index is -0.354. The molecule has 5 heteroatoms. The molecule has 0 aliphatic carbocycles. The maximum Gasteiger partial charge on any atom is 0.276 e. The third-order valence-corrected chi connectivity index (χ3v) is 3.88. The Kier molecular flexibility index (Phi) is 3.98. The number of hydrogen-bond donors (Lipinski definition) is 0. The van der Waals surface area contributed by atoms with Crippen molar-refractivity contribution in [2.45, 2.75) is 39.4 Å². The average molecular weight is 314 g/mol. The Morgan fingerprint density at radius 3 is 2.65 bits per heavy atom. The number of amides is 1. The molecule has 122 valence electrons. The van der Waals surface area contributed by atoms with Crippen molar-refractivity contribution < 1.29 is 13.9 Å². The van der Waals surface area contributed by atoms with E-state index in [1.807, 2.05) is 51.1 Å². The Balaban J connectivity index is 1.87. The second-order valence-corrected chi connectivity index (χ2v) is 6.66. The first-order valence-corrected chi connectivity index (χ1v) is 7.86. The van der Waals surface area contributed by atoms with Crippen LogP contribution in [0.4, 0.5) is 0 Å². The van der Waals surface area contributed by atoms with Crippen molar-refractivity contribution in [1.82, 2.24) is 9.88 Å². The van der Waals surface area contributed by atoms with Crippen LogP contribution in [0.3, 0.4) is 0 Å². The Morgan fingerprint density at radius 2 is 2.00 bits per heavy atom. The minimum Gasteiger partial charge on any atom is -0.441 e. The molecule has 1 aromatic heterocycles. The van der Waals surface area contributed by atoms with Crippen molar-refractivity contribution in [3.05, 3.63) is 41.8 Å². The number of aryl methyl sites for hydroxylation is 1. The fourth-order valence-electron chi connectivity index (χ4n) is 3.06. The van der Waals surface area contributed by atoms with Crippen LogP contribution in [0.5, 0.6) is 0 Å². The molecule has 1 atom stereocenters. The largest absolute Gasteiger partial charge is 0.441 e. The second-order valence-electron chi connectivity index (χ2n) is 6.66. The summed E-state index contributed by atoms with van der Waals surface area (Å²) in [6.07, 6.45) is 0.00324. The zero-order valence-corrected chi connectivity index (χ0v) is 14.0. The highest BCUT2D eigenvalue weighted by atomic mass is 16.5. The van der Waals surface area contributed by atoms with Crippen LogP contribution in [-0.4, -0.2) is 40.6 Å². The third-order valence-electron chi connectivity index (χ3n) is 3.88. The number of rotatable bonds is 2. The van der Waals surface area contributed by atoms with Crippen LogP contribution in [-0.2, 0) is 4.74 Å². The van der Waals surface area contributed by atoms with Crippen molar-refractivity contribution in [1.29, 1.82) is 0 Å². The Bertz CT molecular complexity index is 706. The second kappa shape index (κ2) is 5.81. The molecule has 1 unspecified atom stereocenters. The van der Waals surface area contributed by atoms with Crippen molar-refractivity contribution in [2.24, 2.45) is 0 Å². The zero-order valence-electron chi connectivity index (χ0n) is 14.0. The predicted octanol–water partition coefficient (Wildman–Crippen LogP) is 3.29. The predicted molar refractivity (Wildman–Crippen MR) is 87.2 cm³/mol. The molecule has 1 aromatic carbocycles. The van der Waals surface area contributed by atoms with Crippen LogP contribution in [0.2, 0.25) is 0 Å². The van der Waals surface area contributed by atoms with Gasteiger partial charge in [-0.15, -0.1) is 0 Å². The van der Waals surface area contributed by atoms with E-state index in [1.165, 1.54) is 0 Å². The lowest BCUT2D eigenvalue weighted by Gasteiger charge is -2.41. The van der Waals surface area contributed by atoms with E-state index in [4.69, 9.17) is 9.15 Å². The van der Waals surface area contributed by atoms with Crippen molar-refractivity contribution in [2.75, 3.05) is 13.1 Å². The quantitative estimate of drug-likeness (QED) is 0.853. The lowest BCUT2D eigenvalue weighted by Crippen LogP contribution is -2.53. The number of ether oxygens (including phenoxy) is 1. The average Bonchev–Trinajstić information content (AvgIpc) is 2.87. The van der Waals surface area contributed by atoms with Gasteiger partial charge in [0.2, 0.25) is 5.89 Å². The molecule has 1 aliphatic rings. The smallest absolute Gasteiger partial charge is 0.276 e. The maximum absolute atomic E-state index is 12.8. The monoisotopic (exact) mass is 314 g/mol. The topological polar surface area (TPSA) is 55.6 Å². The fourth-order valence-corrected chi connectivity index (χ4v) is 3.06. The number of hydrogen-bond acceptors (Lipinski definition) is 4. The standard InChI is InChI=1S/C18H22N2O3/c1-12-10-20(11-18(3,4)23-12)17(21)15-13(2)22-16(19-15)14-8-6-5-7-9-14/h5-9,12H,10-11H2,1-4H3. The number of aromatic nitrogens is 1. The van der Waals surface area contributed by atoms with Gasteiger partial charge < -0.3 is 14.1 Å². The molecule has 1 aliphatic heterocycles. The van der Waals surface area contributed by atoms with E-state index in [9.17, 15) is 4.79 Å². The van der Waals surface area contributed by atoms with E-state index in [0.717, 1.165) is 5.56 Å². The van der Waals surface area contributed by atoms with Gasteiger partial charge in [0.05, 0.1) is 11.7 Å². The summed E-state index contributed by atoms with van der Waals surface area (Å²) in [5.41, 5.74) is 0.895. The molecule has 2 heterocycles. The van der Waals surface area contributed by atoms with Gasteiger partial charge in [0.1, 0.15) is 5.76 Å². The van der Waals surface area contributed by atoms with Gasteiger partial charge in [0.15, 0.2) is 5.69 Å². The van der Waals surface area contributed by atoms with Gasteiger partial charge in [-0.1, -0.05) is 18.2 Å². The molecule has 2 aromatic rings. The molecular weight excluding hydrogens is 292 g/mol. The first kappa shape index (κ1) is 15.7. The van der Waals surface area contributed by atoms with E-state index in [2.05, 4.69) is 4.98 Å². The molecule has 5 nitrogen and oxygen atoms in total. The van der Waals surface area contributed by atoms with E-state index in [-0.39, 0.29) is 17.6 Å². The van der Waals surface area contributed by atoms with E-state index >= 15 is 0 Å². The van der Waals surface area contributed by atoms with Crippen LogP contribution >= 0.6 is 0 Å². The number of nitrogens with zero attached hydrogens (tertiary/aromatic N) is 2. The maximum atomic E-state index is 12.8. The van der Waals surface area contributed by atoms with E-state index < -0.39 is 0 Å². The first-order chi connectivity index (χ1) is 10.9. The minimum absolute atomic E-state index is 0.00324. The lowest BCUT2D eigenvalue weighted by atomic mass is 10.1. The van der Waals surface area contributed by atoms with Crippen LogP contribution in [0.1, 0.15) is 37.0 Å². The number of benzene rings is 1. The highest BCUT2D eigenvalue weighted by Gasteiger charge is 2.35. The number of carbonyl (C=O) groups excluding carboxylic acids is 1. The number of oxazole rings is 1. The molecule has 23 heavy (non-hydrogen) atoms. The van der Waals surface area contributed by atoms with Gasteiger partial charge in [-0.05, 0) is 39.8 Å². The van der Waals surface area contributed by atoms with Gasteiger partial charge in [0.25, 0.3) is 5.91 Å². The zero-order chi connectivity index (χ0) is 16.6. The third kappa shape index (κ3) is 3.29. The SMILES string of the molecule is Cc1oc(-c2ccccc2)nc1C(=O)N1CC(C)OC(C)(C)C1. The summed E-state index contributed by atoms with van der Waals surface area (Å²) in [4.78, 5) is 19.1. The molecule has 0 bridgehead atoms. The summed E-state index contributed by atoms with van der Waals surface area (Å²) >= 11 is 0. The molecule has 1 fully saturated rings. The first-order valence-electron chi connectivity index (χ1n) is 7.86. The summed E-state index contributed by atoms with van der Waals surface area (Å²) in [5, 5.41) is 0. The van der Waals surface area contributed by atoms with E-state index in [0.29, 0.717) is 30.4 Å². The number of morpholine rings is 1. The van der Waals surface area contributed by atoms with E-state index in [1.54, 1.807) is 11.8 Å². The van der Waals surface area contributed by atoms with Crippen molar-refractivity contribution in [3.63, 3.8) is 0 Å². The van der Waals surface area contributed by atoms with Gasteiger partial charge >= 0.3 is 0 Å². The Hall–Kier alpha value is -2.14. The van der Waals surface area contributed by atoms with Gasteiger partial charge in [-0.3, -0.25) is 4.79 Å². The molecule has 0 spiro atoms. The van der Waals surface area contributed by atoms with Crippen LogP contribution in [0.15, 0.2) is 34.7 Å². The van der Waals surface area contributed by atoms with Crippen molar-refractivity contribution in [3.8, 4) is 11.5 Å². The summed E-state index contributed by atoms with van der Waals surface area (Å²) in [5.74, 6) is 0.925. The molecule has 1 amide bonds. The van der Waals surface area contributed by atoms with Crippen LogP contribution < -0.4 is 0 Å². The molecule has 3 rings (SSSR count). The molecule has 0 radical (unpaired) electrons. The van der Waals surface area contributed by atoms with Crippen LogP contribution in [0.25, 0.3) is 11.5 Å². The lowest BCUT2D eigenvalue weighted by molar-refractivity contribution is -0.119. The Labute approximate surface area is 136 Å². The highest BCUT2D eigenvalue weighted by Crippen LogP contribution is 2.25. The molecule has 0 saturated carbocycles. The summed E-state index contributed by atoms with van der Waals surface area (Å²) in [6, 6.07) is 9.60. The van der Waals surface area contributed by atoms with Gasteiger partial charge in [-0.2, -0.15) is 0 Å². The van der Waals surface area contributed by atoms with Crippen LogP contribution in [0, 0.1) is 6.92 Å². The number of carbonyl (C=O) groups is 1. The van der Waals surface area contributed by atoms with Gasteiger partial charge in [-0.25, -0.2) is 4.98 Å². The summed E-state index contributed by atoms with van der Waals surface area (Å²) < 4.78 is 11.6. The summed E-state index contributed by atoms with van der Waals surface area (Å²) in [7, 11) is 0. The normalized spacial score (nSPS) is 20.5.